The Bertz CT molecular complexity index is 1090. The predicted molar refractivity (Wildman–Crippen MR) is 99.8 cm³/mol. The van der Waals surface area contributed by atoms with E-state index in [2.05, 4.69) is 10.3 Å². The van der Waals surface area contributed by atoms with E-state index in [1.807, 2.05) is 0 Å². The molecule has 0 saturated carbocycles. The van der Waals surface area contributed by atoms with Gasteiger partial charge in [-0.25, -0.2) is 17.8 Å². The Morgan fingerprint density at radius 2 is 1.92 bits per heavy atom. The quantitative estimate of drug-likeness (QED) is 0.733. The number of aromatic nitrogens is 1. The second-order valence-corrected chi connectivity index (χ2v) is 8.59. The third-order valence-corrected chi connectivity index (χ3v) is 5.62. The smallest absolute Gasteiger partial charge is 0.257 e. The molecule has 1 heterocycles. The zero-order valence-corrected chi connectivity index (χ0v) is 15.6. The topological polar surface area (TPSA) is 76.1 Å². The maximum atomic E-state index is 13.8. The number of nitrogens with one attached hydrogen (secondary N) is 1. The van der Waals surface area contributed by atoms with Gasteiger partial charge in [-0.15, -0.1) is 11.3 Å². The van der Waals surface area contributed by atoms with Gasteiger partial charge in [0, 0.05) is 22.8 Å². The lowest BCUT2D eigenvalue weighted by Crippen LogP contribution is -2.14. The SMILES string of the molecule is Cc1ccc(S(C)(=O)=O)cc1C(=O)Nc1nc(-c2ccccc2F)cs1. The monoisotopic (exact) mass is 390 g/mol. The van der Waals surface area contributed by atoms with Gasteiger partial charge < -0.3 is 0 Å². The molecule has 3 aromatic rings. The van der Waals surface area contributed by atoms with Crippen LogP contribution in [-0.2, 0) is 9.84 Å². The van der Waals surface area contributed by atoms with E-state index < -0.39 is 21.6 Å². The lowest BCUT2D eigenvalue weighted by molar-refractivity contribution is 0.102. The normalized spacial score (nSPS) is 11.3. The van der Waals surface area contributed by atoms with E-state index in [1.165, 1.54) is 18.2 Å². The summed E-state index contributed by atoms with van der Waals surface area (Å²) in [7, 11) is -3.42. The number of aryl methyl sites for hydroxylation is 1. The highest BCUT2D eigenvalue weighted by Gasteiger charge is 2.16. The van der Waals surface area contributed by atoms with E-state index in [9.17, 15) is 17.6 Å². The van der Waals surface area contributed by atoms with Gasteiger partial charge >= 0.3 is 0 Å². The molecule has 8 heteroatoms. The Morgan fingerprint density at radius 1 is 1.19 bits per heavy atom. The molecule has 26 heavy (non-hydrogen) atoms. The van der Waals surface area contributed by atoms with Crippen LogP contribution in [0, 0.1) is 12.7 Å². The number of hydrogen-bond acceptors (Lipinski definition) is 5. The van der Waals surface area contributed by atoms with Crippen LogP contribution in [0.5, 0.6) is 0 Å². The fraction of sp³-hybridized carbons (Fsp3) is 0.111. The fourth-order valence-electron chi connectivity index (χ4n) is 2.36. The minimum Gasteiger partial charge on any atom is -0.298 e. The summed E-state index contributed by atoms with van der Waals surface area (Å²) in [5, 5.41) is 4.59. The van der Waals surface area contributed by atoms with Gasteiger partial charge in [0.05, 0.1) is 10.6 Å². The molecule has 0 aliphatic heterocycles. The van der Waals surface area contributed by atoms with E-state index in [4.69, 9.17) is 0 Å². The van der Waals surface area contributed by atoms with Gasteiger partial charge in [-0.1, -0.05) is 18.2 Å². The number of rotatable bonds is 4. The summed E-state index contributed by atoms with van der Waals surface area (Å²) < 4.78 is 37.2. The first kappa shape index (κ1) is 18.2. The average Bonchev–Trinajstić information content (AvgIpc) is 3.02. The first-order chi connectivity index (χ1) is 12.3. The number of benzene rings is 2. The zero-order valence-electron chi connectivity index (χ0n) is 14.0. The molecule has 5 nitrogen and oxygen atoms in total. The average molecular weight is 390 g/mol. The van der Waals surface area contributed by atoms with Crippen LogP contribution in [0.4, 0.5) is 9.52 Å². The van der Waals surface area contributed by atoms with Gasteiger partial charge in [0.1, 0.15) is 5.82 Å². The number of amides is 1. The highest BCUT2D eigenvalue weighted by Crippen LogP contribution is 2.27. The summed E-state index contributed by atoms with van der Waals surface area (Å²) in [6.45, 7) is 1.72. The molecule has 0 radical (unpaired) electrons. The second-order valence-electron chi connectivity index (χ2n) is 5.72. The van der Waals surface area contributed by atoms with Gasteiger partial charge in [-0.3, -0.25) is 10.1 Å². The van der Waals surface area contributed by atoms with Crippen LogP contribution >= 0.6 is 11.3 Å². The van der Waals surface area contributed by atoms with E-state index in [0.717, 1.165) is 17.6 Å². The first-order valence-electron chi connectivity index (χ1n) is 7.58. The van der Waals surface area contributed by atoms with Crippen LogP contribution in [-0.4, -0.2) is 25.6 Å². The predicted octanol–water partition coefficient (Wildman–Crippen LogP) is 3.91. The van der Waals surface area contributed by atoms with Crippen LogP contribution in [0.3, 0.4) is 0 Å². The highest BCUT2D eigenvalue weighted by molar-refractivity contribution is 7.90. The summed E-state index contributed by atoms with van der Waals surface area (Å²) in [6.07, 6.45) is 1.08. The van der Waals surface area contributed by atoms with Crippen molar-refractivity contribution in [3.63, 3.8) is 0 Å². The molecule has 0 saturated heterocycles. The van der Waals surface area contributed by atoms with Gasteiger partial charge in [-0.2, -0.15) is 0 Å². The zero-order chi connectivity index (χ0) is 18.9. The van der Waals surface area contributed by atoms with Gasteiger partial charge in [0.15, 0.2) is 15.0 Å². The molecule has 2 aromatic carbocycles. The fourth-order valence-corrected chi connectivity index (χ4v) is 3.72. The number of hydrogen-bond donors (Lipinski definition) is 1. The Labute approximate surface area is 154 Å². The number of nitrogens with zero attached hydrogens (tertiary/aromatic N) is 1. The Morgan fingerprint density at radius 3 is 2.62 bits per heavy atom. The molecule has 0 fully saturated rings. The van der Waals surface area contributed by atoms with Crippen molar-refractivity contribution in [2.75, 3.05) is 11.6 Å². The Kier molecular flexibility index (Phi) is 4.88. The number of carbonyl (C=O) groups excluding carboxylic acids is 1. The second kappa shape index (κ2) is 6.97. The van der Waals surface area contributed by atoms with E-state index >= 15 is 0 Å². The largest absolute Gasteiger partial charge is 0.298 e. The molecule has 0 spiro atoms. The van der Waals surface area contributed by atoms with Crippen LogP contribution in [0.15, 0.2) is 52.7 Å². The number of anilines is 1. The molecule has 3 rings (SSSR count). The van der Waals surface area contributed by atoms with Crippen molar-refractivity contribution >= 4 is 32.2 Å². The summed E-state index contributed by atoms with van der Waals surface area (Å²) >= 11 is 1.16. The summed E-state index contributed by atoms with van der Waals surface area (Å²) in [4.78, 5) is 16.8. The molecular weight excluding hydrogens is 375 g/mol. The molecule has 0 atom stereocenters. The standard InChI is InChI=1S/C18H15FN2O3S2/c1-11-7-8-12(26(2,23)24)9-14(11)17(22)21-18-20-16(10-25-18)13-5-3-4-6-15(13)19/h3-10H,1-2H3,(H,20,21,22). The Hall–Kier alpha value is -2.58. The van der Waals surface area contributed by atoms with Crippen LogP contribution in [0.1, 0.15) is 15.9 Å². The summed E-state index contributed by atoms with van der Waals surface area (Å²) in [6, 6.07) is 10.6. The van der Waals surface area contributed by atoms with Crippen LogP contribution in [0.2, 0.25) is 0 Å². The maximum absolute atomic E-state index is 13.8. The van der Waals surface area contributed by atoms with E-state index in [0.29, 0.717) is 22.0 Å². The van der Waals surface area contributed by atoms with E-state index in [1.54, 1.807) is 36.6 Å². The minimum absolute atomic E-state index is 0.0689. The van der Waals surface area contributed by atoms with Crippen molar-refractivity contribution in [1.82, 2.24) is 4.98 Å². The molecule has 0 bridgehead atoms. The van der Waals surface area contributed by atoms with Crippen molar-refractivity contribution in [2.24, 2.45) is 0 Å². The molecule has 0 aliphatic carbocycles. The van der Waals surface area contributed by atoms with Crippen molar-refractivity contribution in [3.8, 4) is 11.3 Å². The molecule has 0 unspecified atom stereocenters. The van der Waals surface area contributed by atoms with Gasteiger partial charge in [0.2, 0.25) is 0 Å². The lowest BCUT2D eigenvalue weighted by Gasteiger charge is -2.07. The van der Waals surface area contributed by atoms with Crippen molar-refractivity contribution < 1.29 is 17.6 Å². The Balaban J connectivity index is 1.87. The van der Waals surface area contributed by atoms with Gasteiger partial charge in [0.25, 0.3) is 5.91 Å². The van der Waals surface area contributed by atoms with E-state index in [-0.39, 0.29) is 10.5 Å². The number of sulfone groups is 1. The number of carbonyl (C=O) groups is 1. The van der Waals surface area contributed by atoms with Gasteiger partial charge in [-0.05, 0) is 36.8 Å². The third kappa shape index (κ3) is 3.81. The molecular formula is C18H15FN2O3S2. The van der Waals surface area contributed by atoms with Crippen LogP contribution < -0.4 is 5.32 Å². The maximum Gasteiger partial charge on any atom is 0.257 e. The lowest BCUT2D eigenvalue weighted by atomic mass is 10.1. The molecule has 0 aliphatic rings. The highest BCUT2D eigenvalue weighted by atomic mass is 32.2. The summed E-state index contributed by atoms with van der Waals surface area (Å²) in [5.41, 5.74) is 1.65. The molecule has 1 N–H and O–H groups in total. The minimum atomic E-state index is -3.42. The molecule has 1 aromatic heterocycles. The number of halogens is 1. The number of thiazole rings is 1. The van der Waals surface area contributed by atoms with Crippen molar-refractivity contribution in [3.05, 3.63) is 64.8 Å². The van der Waals surface area contributed by atoms with Crippen LogP contribution in [0.25, 0.3) is 11.3 Å². The first-order valence-corrected chi connectivity index (χ1v) is 10.4. The molecule has 134 valence electrons. The van der Waals surface area contributed by atoms with Crippen molar-refractivity contribution in [2.45, 2.75) is 11.8 Å². The van der Waals surface area contributed by atoms with Crippen molar-refractivity contribution in [1.29, 1.82) is 0 Å². The summed E-state index contributed by atoms with van der Waals surface area (Å²) in [5.74, 6) is -0.866. The molecule has 1 amide bonds. The third-order valence-electron chi connectivity index (χ3n) is 3.76.